The number of nitrogens with zero attached hydrogens (tertiary/aromatic N) is 1. The number of hydrogen-bond donors (Lipinski definition) is 2. The fraction of sp³-hybridized carbons (Fsp3) is 0.259. The minimum atomic E-state index is -3.52. The second kappa shape index (κ2) is 10.9. The summed E-state index contributed by atoms with van der Waals surface area (Å²) >= 11 is 5.94. The molecule has 1 aliphatic rings. The van der Waals surface area contributed by atoms with Crippen molar-refractivity contribution in [3.05, 3.63) is 83.1 Å². The molecule has 4 rings (SSSR count). The Bertz CT molecular complexity index is 1420. The normalized spacial score (nSPS) is 17.1. The van der Waals surface area contributed by atoms with Crippen LogP contribution in [0.25, 0.3) is 11.1 Å². The molecule has 0 radical (unpaired) electrons. The Morgan fingerprint density at radius 1 is 1.08 bits per heavy atom. The fourth-order valence-electron chi connectivity index (χ4n) is 4.61. The standard InChI is InChI=1S/C27H27ClFN3O4S/c1-37(35,36)25-5-3-2-4-22(25)19-8-11-24(23(29)14-19)31-26(33)16-32(27(30)34)15-17-12-20(13-17)18-6-9-21(28)10-7-18/h2-11,14,17,20H,12-13,15-16H2,1H3,(H2,30,34)(H,31,33). The first-order chi connectivity index (χ1) is 17.5. The largest absolute Gasteiger partial charge is 0.351 e. The van der Waals surface area contributed by atoms with E-state index in [9.17, 15) is 22.4 Å². The van der Waals surface area contributed by atoms with Crippen LogP contribution in [-0.4, -0.2) is 44.6 Å². The third-order valence-electron chi connectivity index (χ3n) is 6.54. The molecule has 0 unspecified atom stereocenters. The number of amides is 3. The number of sulfone groups is 1. The minimum absolute atomic E-state index is 0.0811. The Hall–Kier alpha value is -3.43. The summed E-state index contributed by atoms with van der Waals surface area (Å²) in [6.45, 7) is 0.0199. The van der Waals surface area contributed by atoms with Gasteiger partial charge in [0.05, 0.1) is 10.6 Å². The molecule has 0 heterocycles. The van der Waals surface area contributed by atoms with Gasteiger partial charge in [0.25, 0.3) is 0 Å². The molecule has 0 aromatic heterocycles. The average molecular weight is 544 g/mol. The molecule has 10 heteroatoms. The van der Waals surface area contributed by atoms with Crippen LogP contribution in [0.5, 0.6) is 0 Å². The molecule has 0 atom stereocenters. The maximum atomic E-state index is 14.8. The van der Waals surface area contributed by atoms with Crippen LogP contribution >= 0.6 is 11.6 Å². The van der Waals surface area contributed by atoms with E-state index >= 15 is 0 Å². The highest BCUT2D eigenvalue weighted by molar-refractivity contribution is 7.90. The van der Waals surface area contributed by atoms with E-state index in [4.69, 9.17) is 17.3 Å². The van der Waals surface area contributed by atoms with Crippen LogP contribution in [0, 0.1) is 11.7 Å². The molecule has 1 fully saturated rings. The molecule has 3 aromatic carbocycles. The molecule has 37 heavy (non-hydrogen) atoms. The number of urea groups is 1. The first-order valence-electron chi connectivity index (χ1n) is 11.7. The first-order valence-corrected chi connectivity index (χ1v) is 14.0. The monoisotopic (exact) mass is 543 g/mol. The van der Waals surface area contributed by atoms with Gasteiger partial charge in [-0.3, -0.25) is 4.79 Å². The second-order valence-corrected chi connectivity index (χ2v) is 11.7. The molecule has 3 amide bonds. The number of rotatable bonds is 8. The molecular formula is C27H27ClFN3O4S. The average Bonchev–Trinajstić information content (AvgIpc) is 2.81. The number of hydrogen-bond acceptors (Lipinski definition) is 4. The summed E-state index contributed by atoms with van der Waals surface area (Å²) < 4.78 is 39.0. The highest BCUT2D eigenvalue weighted by atomic mass is 35.5. The summed E-state index contributed by atoms with van der Waals surface area (Å²) in [5.41, 5.74) is 7.32. The van der Waals surface area contributed by atoms with Crippen LogP contribution < -0.4 is 11.1 Å². The van der Waals surface area contributed by atoms with Gasteiger partial charge in [-0.15, -0.1) is 0 Å². The van der Waals surface area contributed by atoms with E-state index in [1.54, 1.807) is 18.2 Å². The number of anilines is 1. The number of nitrogens with one attached hydrogen (secondary N) is 1. The van der Waals surface area contributed by atoms with Gasteiger partial charge in [-0.25, -0.2) is 17.6 Å². The lowest BCUT2D eigenvalue weighted by molar-refractivity contribution is -0.117. The number of carbonyl (C=O) groups is 2. The second-order valence-electron chi connectivity index (χ2n) is 9.32. The van der Waals surface area contributed by atoms with Crippen LogP contribution in [0.2, 0.25) is 5.02 Å². The van der Waals surface area contributed by atoms with E-state index in [2.05, 4.69) is 5.32 Å². The van der Waals surface area contributed by atoms with E-state index in [1.807, 2.05) is 24.3 Å². The zero-order chi connectivity index (χ0) is 26.7. The number of halogens is 2. The Balaban J connectivity index is 1.37. The lowest BCUT2D eigenvalue weighted by atomic mass is 9.71. The summed E-state index contributed by atoms with van der Waals surface area (Å²) in [7, 11) is -3.52. The summed E-state index contributed by atoms with van der Waals surface area (Å²) in [4.78, 5) is 25.9. The molecule has 0 saturated heterocycles. The predicted octanol–water partition coefficient (Wildman–Crippen LogP) is 5.06. The Morgan fingerprint density at radius 3 is 2.38 bits per heavy atom. The topological polar surface area (TPSA) is 110 Å². The molecule has 1 aliphatic carbocycles. The Kier molecular flexibility index (Phi) is 7.85. The van der Waals surface area contributed by atoms with Gasteiger partial charge in [0, 0.05) is 23.4 Å². The van der Waals surface area contributed by atoms with Crippen LogP contribution in [-0.2, 0) is 14.6 Å². The summed E-state index contributed by atoms with van der Waals surface area (Å²) in [5, 5.41) is 3.15. The van der Waals surface area contributed by atoms with Gasteiger partial charge < -0.3 is 16.0 Å². The van der Waals surface area contributed by atoms with Crippen LogP contribution in [0.4, 0.5) is 14.9 Å². The molecule has 0 bridgehead atoms. The molecular weight excluding hydrogens is 517 g/mol. The van der Waals surface area contributed by atoms with Gasteiger partial charge in [-0.1, -0.05) is 48.0 Å². The van der Waals surface area contributed by atoms with Crippen molar-refractivity contribution < 1.29 is 22.4 Å². The molecule has 1 saturated carbocycles. The maximum Gasteiger partial charge on any atom is 0.315 e. The van der Waals surface area contributed by atoms with Crippen LogP contribution in [0.3, 0.4) is 0 Å². The number of benzene rings is 3. The van der Waals surface area contributed by atoms with Gasteiger partial charge in [0.1, 0.15) is 12.4 Å². The van der Waals surface area contributed by atoms with Crippen molar-refractivity contribution in [2.45, 2.75) is 23.7 Å². The van der Waals surface area contributed by atoms with Gasteiger partial charge >= 0.3 is 6.03 Å². The lowest BCUT2D eigenvalue weighted by Crippen LogP contribution is -2.45. The summed E-state index contributed by atoms with van der Waals surface area (Å²) in [6, 6.07) is 17.3. The van der Waals surface area contributed by atoms with Crippen molar-refractivity contribution in [3.8, 4) is 11.1 Å². The van der Waals surface area contributed by atoms with E-state index in [0.717, 1.165) is 25.2 Å². The highest BCUT2D eigenvalue weighted by Crippen LogP contribution is 2.42. The van der Waals surface area contributed by atoms with E-state index < -0.39 is 27.6 Å². The van der Waals surface area contributed by atoms with E-state index in [-0.39, 0.29) is 23.0 Å². The first kappa shape index (κ1) is 26.6. The molecule has 0 spiro atoms. The third-order valence-corrected chi connectivity index (χ3v) is 7.95. The van der Waals surface area contributed by atoms with E-state index in [1.165, 1.54) is 28.7 Å². The molecule has 3 N–H and O–H groups in total. The van der Waals surface area contributed by atoms with Gasteiger partial charge in [0.2, 0.25) is 5.91 Å². The quantitative estimate of drug-likeness (QED) is 0.413. The molecule has 0 aliphatic heterocycles. The summed E-state index contributed by atoms with van der Waals surface area (Å²) in [5.74, 6) is -0.752. The van der Waals surface area contributed by atoms with E-state index in [0.29, 0.717) is 28.6 Å². The predicted molar refractivity (Wildman–Crippen MR) is 142 cm³/mol. The Labute approximate surface area is 220 Å². The fourth-order valence-corrected chi connectivity index (χ4v) is 5.65. The molecule has 3 aromatic rings. The third kappa shape index (κ3) is 6.47. The number of nitrogens with two attached hydrogens (primary N) is 1. The lowest BCUT2D eigenvalue weighted by Gasteiger charge is -2.38. The van der Waals surface area contributed by atoms with Crippen molar-refractivity contribution in [1.29, 1.82) is 0 Å². The van der Waals surface area contributed by atoms with Crippen molar-refractivity contribution >= 4 is 39.1 Å². The minimum Gasteiger partial charge on any atom is -0.351 e. The zero-order valence-electron chi connectivity index (χ0n) is 20.2. The number of primary amides is 1. The zero-order valence-corrected chi connectivity index (χ0v) is 21.7. The van der Waals surface area contributed by atoms with Crippen molar-refractivity contribution in [1.82, 2.24) is 4.90 Å². The SMILES string of the molecule is CS(=O)(=O)c1ccccc1-c1ccc(NC(=O)CN(CC2CC(c3ccc(Cl)cc3)C2)C(N)=O)c(F)c1. The van der Waals surface area contributed by atoms with Crippen molar-refractivity contribution in [3.63, 3.8) is 0 Å². The van der Waals surface area contributed by atoms with Crippen LogP contribution in [0.1, 0.15) is 24.3 Å². The number of carbonyl (C=O) groups excluding carboxylic acids is 2. The van der Waals surface area contributed by atoms with Crippen molar-refractivity contribution in [2.75, 3.05) is 24.7 Å². The highest BCUT2D eigenvalue weighted by Gasteiger charge is 2.32. The smallest absolute Gasteiger partial charge is 0.315 e. The molecule has 7 nitrogen and oxygen atoms in total. The maximum absolute atomic E-state index is 14.8. The van der Waals surface area contributed by atoms with Crippen LogP contribution in [0.15, 0.2) is 71.6 Å². The van der Waals surface area contributed by atoms with Crippen molar-refractivity contribution in [2.24, 2.45) is 11.7 Å². The Morgan fingerprint density at radius 2 is 1.76 bits per heavy atom. The molecule has 194 valence electrons. The van der Waals surface area contributed by atoms with Gasteiger partial charge in [-0.2, -0.15) is 0 Å². The van der Waals surface area contributed by atoms with Gasteiger partial charge in [0.15, 0.2) is 9.84 Å². The summed E-state index contributed by atoms with van der Waals surface area (Å²) in [6.07, 6.45) is 2.80. The van der Waals surface area contributed by atoms with Gasteiger partial charge in [-0.05, 0) is 66.1 Å².